The topological polar surface area (TPSA) is 64.6 Å². The Morgan fingerprint density at radius 3 is 2.26 bits per heavy atom. The number of carbonyl (C=O) groups excluding carboxylic acids is 2. The van der Waals surface area contributed by atoms with Gasteiger partial charge in [0.05, 0.1) is 7.11 Å². The van der Waals surface area contributed by atoms with Crippen molar-refractivity contribution in [1.29, 1.82) is 0 Å². The van der Waals surface area contributed by atoms with Gasteiger partial charge < -0.3 is 14.8 Å². The molecule has 0 unspecified atom stereocenters. The number of amides is 1. The molecule has 0 atom stereocenters. The third-order valence-electron chi connectivity index (χ3n) is 1.89. The Kier molecular flexibility index (Phi) is 4.74. The Morgan fingerprint density at radius 1 is 1.21 bits per heavy atom. The van der Waals surface area contributed by atoms with Crippen LogP contribution in [-0.4, -0.2) is 31.8 Å². The largest absolute Gasteiger partial charge is 0.484 e. The van der Waals surface area contributed by atoms with Gasteiger partial charge in [0.2, 0.25) is 0 Å². The van der Waals surface area contributed by atoms with Gasteiger partial charge in [-0.3, -0.25) is 4.79 Å². The minimum Gasteiger partial charge on any atom is -0.484 e. The molecule has 1 rings (SSSR count). The van der Waals surface area contributed by atoms with Gasteiger partial charge in [-0.05, 0) is 24.3 Å². The second-order valence-electron chi connectivity index (χ2n) is 3.37. The van der Waals surface area contributed by atoms with Gasteiger partial charge in [-0.15, -0.1) is 0 Å². The molecule has 0 fully saturated rings. The van der Waals surface area contributed by atoms with Crippen LogP contribution in [0.25, 0.3) is 0 Å². The van der Waals surface area contributed by atoms with Gasteiger partial charge in [0.15, 0.2) is 6.61 Å². The molecule has 0 radical (unpaired) electrons. The molecule has 0 aliphatic rings. The Labute approximate surface area is 106 Å². The van der Waals surface area contributed by atoms with Crippen LogP contribution in [0.5, 0.6) is 5.75 Å². The van der Waals surface area contributed by atoms with E-state index in [0.29, 0.717) is 0 Å². The maximum Gasteiger partial charge on any atom is 0.422 e. The van der Waals surface area contributed by atoms with Crippen LogP contribution in [0, 0.1) is 0 Å². The number of hydrogen-bond acceptors (Lipinski definition) is 4. The number of nitrogens with one attached hydrogen (secondary N) is 1. The Hall–Kier alpha value is -2.25. The molecule has 1 aromatic carbocycles. The zero-order valence-electron chi connectivity index (χ0n) is 9.78. The predicted molar refractivity (Wildman–Crippen MR) is 58.6 cm³/mol. The molecule has 1 amide bonds. The van der Waals surface area contributed by atoms with E-state index in [0.717, 1.165) is 7.11 Å². The normalized spacial score (nSPS) is 10.7. The van der Waals surface area contributed by atoms with E-state index in [4.69, 9.17) is 0 Å². The van der Waals surface area contributed by atoms with Crippen molar-refractivity contribution in [2.45, 2.75) is 6.18 Å². The first-order valence-corrected chi connectivity index (χ1v) is 5.01. The molecule has 0 bridgehead atoms. The summed E-state index contributed by atoms with van der Waals surface area (Å²) in [7, 11) is 1.05. The number of halogens is 3. The molecule has 0 aliphatic heterocycles. The lowest BCUT2D eigenvalue weighted by Crippen LogP contribution is -2.23. The highest BCUT2D eigenvalue weighted by Gasteiger charge is 2.28. The summed E-state index contributed by atoms with van der Waals surface area (Å²) < 4.78 is 44.3. The summed E-state index contributed by atoms with van der Waals surface area (Å²) in [5.41, 5.74) is 0.231. The number of methoxy groups -OCH3 is 1. The van der Waals surface area contributed by atoms with Gasteiger partial charge in [0, 0.05) is 5.69 Å². The van der Waals surface area contributed by atoms with Crippen molar-refractivity contribution < 1.29 is 32.2 Å². The SMILES string of the molecule is COC(=O)C(=O)Nc1ccc(OCC(F)(F)F)cc1. The smallest absolute Gasteiger partial charge is 0.422 e. The van der Waals surface area contributed by atoms with E-state index >= 15 is 0 Å². The zero-order valence-corrected chi connectivity index (χ0v) is 9.78. The molecule has 0 spiro atoms. The molecule has 0 saturated heterocycles. The summed E-state index contributed by atoms with van der Waals surface area (Å²) >= 11 is 0. The minimum absolute atomic E-state index is 0.00612. The molecule has 0 aromatic heterocycles. The highest BCUT2D eigenvalue weighted by atomic mass is 19.4. The van der Waals surface area contributed by atoms with Crippen LogP contribution in [0.3, 0.4) is 0 Å². The van der Waals surface area contributed by atoms with Crippen LogP contribution in [0.2, 0.25) is 0 Å². The third-order valence-corrected chi connectivity index (χ3v) is 1.89. The summed E-state index contributed by atoms with van der Waals surface area (Å²) in [5.74, 6) is -2.06. The number of ether oxygens (including phenoxy) is 2. The van der Waals surface area contributed by atoms with Crippen LogP contribution in [0.1, 0.15) is 0 Å². The molecule has 19 heavy (non-hydrogen) atoms. The van der Waals surface area contributed by atoms with Crippen LogP contribution < -0.4 is 10.1 Å². The first kappa shape index (κ1) is 14.8. The molecule has 1 aromatic rings. The van der Waals surface area contributed by atoms with Crippen molar-refractivity contribution in [1.82, 2.24) is 0 Å². The van der Waals surface area contributed by atoms with Crippen molar-refractivity contribution in [2.75, 3.05) is 19.0 Å². The van der Waals surface area contributed by atoms with Crippen molar-refractivity contribution >= 4 is 17.6 Å². The van der Waals surface area contributed by atoms with Gasteiger partial charge in [-0.1, -0.05) is 0 Å². The first-order chi connectivity index (χ1) is 8.81. The van der Waals surface area contributed by atoms with Crippen LogP contribution >= 0.6 is 0 Å². The molecule has 0 aliphatic carbocycles. The number of esters is 1. The third kappa shape index (κ3) is 5.28. The molecule has 0 saturated carbocycles. The lowest BCUT2D eigenvalue weighted by molar-refractivity contribution is -0.153. The molecule has 0 heterocycles. The zero-order chi connectivity index (χ0) is 14.5. The predicted octanol–water partition coefficient (Wildman–Crippen LogP) is 1.74. The van der Waals surface area contributed by atoms with E-state index in [1.165, 1.54) is 24.3 Å². The maximum atomic E-state index is 11.9. The fourth-order valence-corrected chi connectivity index (χ4v) is 1.07. The summed E-state index contributed by atoms with van der Waals surface area (Å²) in [4.78, 5) is 21.9. The van der Waals surface area contributed by atoms with Gasteiger partial charge in [-0.2, -0.15) is 13.2 Å². The van der Waals surface area contributed by atoms with Gasteiger partial charge >= 0.3 is 18.1 Å². The number of carbonyl (C=O) groups is 2. The fraction of sp³-hybridized carbons (Fsp3) is 0.273. The summed E-state index contributed by atoms with van der Waals surface area (Å²) in [5, 5.41) is 2.20. The van der Waals surface area contributed by atoms with E-state index in [-0.39, 0.29) is 11.4 Å². The van der Waals surface area contributed by atoms with E-state index in [2.05, 4.69) is 14.8 Å². The average molecular weight is 277 g/mol. The highest BCUT2D eigenvalue weighted by Crippen LogP contribution is 2.20. The second kappa shape index (κ2) is 6.07. The van der Waals surface area contributed by atoms with Gasteiger partial charge in [0.1, 0.15) is 5.75 Å². The Bertz CT molecular complexity index is 456. The molecule has 5 nitrogen and oxygen atoms in total. The molecule has 1 N–H and O–H groups in total. The van der Waals surface area contributed by atoms with Crippen molar-refractivity contribution in [3.8, 4) is 5.75 Å². The van der Waals surface area contributed by atoms with Crippen molar-refractivity contribution in [2.24, 2.45) is 0 Å². The minimum atomic E-state index is -4.42. The quantitative estimate of drug-likeness (QED) is 0.675. The van der Waals surface area contributed by atoms with Gasteiger partial charge in [0.25, 0.3) is 0 Å². The van der Waals surface area contributed by atoms with Gasteiger partial charge in [-0.25, -0.2) is 4.79 Å². The fourth-order valence-electron chi connectivity index (χ4n) is 1.07. The van der Waals surface area contributed by atoms with E-state index in [1.807, 2.05) is 0 Å². The second-order valence-corrected chi connectivity index (χ2v) is 3.37. The Morgan fingerprint density at radius 2 is 1.79 bits per heavy atom. The van der Waals surface area contributed by atoms with E-state index in [9.17, 15) is 22.8 Å². The molecular weight excluding hydrogens is 267 g/mol. The number of benzene rings is 1. The molecular formula is C11H10F3NO4. The van der Waals surface area contributed by atoms with E-state index in [1.54, 1.807) is 0 Å². The number of rotatable bonds is 3. The standard InChI is InChI=1S/C11H10F3NO4/c1-18-10(17)9(16)15-7-2-4-8(5-3-7)19-6-11(12,13)14/h2-5H,6H2,1H3,(H,15,16). The van der Waals surface area contributed by atoms with Crippen LogP contribution in [-0.2, 0) is 14.3 Å². The molecule has 104 valence electrons. The number of hydrogen-bond donors (Lipinski definition) is 1. The van der Waals surface area contributed by atoms with Crippen molar-refractivity contribution in [3.05, 3.63) is 24.3 Å². The Balaban J connectivity index is 2.57. The summed E-state index contributed by atoms with van der Waals surface area (Å²) in [6.07, 6.45) is -4.42. The number of alkyl halides is 3. The first-order valence-electron chi connectivity index (χ1n) is 5.01. The highest BCUT2D eigenvalue weighted by molar-refractivity contribution is 6.37. The van der Waals surface area contributed by atoms with Crippen LogP contribution in [0.15, 0.2) is 24.3 Å². The summed E-state index contributed by atoms with van der Waals surface area (Å²) in [6.45, 7) is -1.40. The maximum absolute atomic E-state index is 11.9. The molecule has 8 heteroatoms. The average Bonchev–Trinajstić information content (AvgIpc) is 2.36. The monoisotopic (exact) mass is 277 g/mol. The van der Waals surface area contributed by atoms with Crippen molar-refractivity contribution in [3.63, 3.8) is 0 Å². The van der Waals surface area contributed by atoms with Crippen LogP contribution in [0.4, 0.5) is 18.9 Å². The lowest BCUT2D eigenvalue weighted by Gasteiger charge is -2.09. The van der Waals surface area contributed by atoms with E-state index < -0.39 is 24.7 Å². The summed E-state index contributed by atoms with van der Waals surface area (Å²) in [6, 6.07) is 5.07. The lowest BCUT2D eigenvalue weighted by atomic mass is 10.3. The number of anilines is 1.